The molecule has 0 aromatic heterocycles. The quantitative estimate of drug-likeness (QED) is 0.897. The summed E-state index contributed by atoms with van der Waals surface area (Å²) in [4.78, 5) is 26.2. The minimum atomic E-state index is -0.236. The van der Waals surface area contributed by atoms with Gasteiger partial charge in [-0.1, -0.05) is 31.9 Å². The zero-order chi connectivity index (χ0) is 16.2. The van der Waals surface area contributed by atoms with E-state index in [1.807, 2.05) is 29.2 Å². The van der Waals surface area contributed by atoms with Gasteiger partial charge in [-0.2, -0.15) is 0 Å². The molecule has 2 fully saturated rings. The fourth-order valence-electron chi connectivity index (χ4n) is 3.57. The van der Waals surface area contributed by atoms with Gasteiger partial charge < -0.3 is 15.5 Å². The van der Waals surface area contributed by atoms with Gasteiger partial charge in [-0.25, -0.2) is 4.79 Å². The van der Waals surface area contributed by atoms with Crippen molar-refractivity contribution < 1.29 is 9.59 Å². The molecule has 1 aliphatic carbocycles. The number of amides is 3. The fraction of sp³-hybridized carbons (Fsp3) is 0.556. The summed E-state index contributed by atoms with van der Waals surface area (Å²) in [7, 11) is 0. The van der Waals surface area contributed by atoms with Gasteiger partial charge in [0.25, 0.3) is 0 Å². The number of hydrogen-bond donors (Lipinski definition) is 2. The van der Waals surface area contributed by atoms with Crippen molar-refractivity contribution >= 4 is 17.6 Å². The van der Waals surface area contributed by atoms with Gasteiger partial charge in [0.2, 0.25) is 5.91 Å². The average molecular weight is 315 g/mol. The highest BCUT2D eigenvalue weighted by molar-refractivity contribution is 5.90. The van der Waals surface area contributed by atoms with E-state index in [-0.39, 0.29) is 18.0 Å². The van der Waals surface area contributed by atoms with Crippen molar-refractivity contribution in [2.75, 3.05) is 11.9 Å². The lowest BCUT2D eigenvalue weighted by molar-refractivity contribution is -0.129. The molecule has 5 heteroatoms. The molecule has 1 aromatic carbocycles. The Morgan fingerprint density at radius 3 is 2.57 bits per heavy atom. The largest absolute Gasteiger partial charge is 0.338 e. The number of carbonyl (C=O) groups is 2. The standard InChI is InChI=1S/C18H25N3O2/c1-2-13-7-9-14(10-8-13)19-18(23)20-15-11-17(22)21(12-15)16-5-3-4-6-16/h7-10,15-16H,2-6,11-12H2,1H3,(H2,19,20,23). The van der Waals surface area contributed by atoms with Crippen LogP contribution < -0.4 is 10.6 Å². The third-order valence-electron chi connectivity index (χ3n) is 4.88. The zero-order valence-electron chi connectivity index (χ0n) is 13.7. The predicted molar refractivity (Wildman–Crippen MR) is 90.3 cm³/mol. The van der Waals surface area contributed by atoms with Crippen molar-refractivity contribution in [2.45, 2.75) is 57.5 Å². The molecule has 0 spiro atoms. The molecule has 1 atom stereocenters. The van der Waals surface area contributed by atoms with Crippen LogP contribution in [0.3, 0.4) is 0 Å². The molecule has 1 saturated carbocycles. The van der Waals surface area contributed by atoms with Crippen LogP contribution in [0.2, 0.25) is 0 Å². The van der Waals surface area contributed by atoms with Crippen molar-refractivity contribution in [3.05, 3.63) is 29.8 Å². The average Bonchev–Trinajstić information content (AvgIpc) is 3.17. The Balaban J connectivity index is 1.50. The van der Waals surface area contributed by atoms with E-state index in [1.54, 1.807) is 0 Å². The van der Waals surface area contributed by atoms with Crippen LogP contribution in [-0.2, 0) is 11.2 Å². The van der Waals surface area contributed by atoms with Gasteiger partial charge in [-0.05, 0) is 37.0 Å². The van der Waals surface area contributed by atoms with Crippen LogP contribution >= 0.6 is 0 Å². The molecular formula is C18H25N3O2. The van der Waals surface area contributed by atoms with Crippen LogP contribution in [-0.4, -0.2) is 35.5 Å². The van der Waals surface area contributed by atoms with Gasteiger partial charge in [-0.3, -0.25) is 4.79 Å². The monoisotopic (exact) mass is 315 g/mol. The Kier molecular flexibility index (Phi) is 4.84. The third-order valence-corrected chi connectivity index (χ3v) is 4.88. The molecule has 3 amide bonds. The maximum absolute atomic E-state index is 12.1. The SMILES string of the molecule is CCc1ccc(NC(=O)NC2CC(=O)N(C3CCCC3)C2)cc1. The Labute approximate surface area is 137 Å². The van der Waals surface area contributed by atoms with Crippen molar-refractivity contribution in [3.63, 3.8) is 0 Å². The number of nitrogens with zero attached hydrogens (tertiary/aromatic N) is 1. The number of nitrogens with one attached hydrogen (secondary N) is 2. The van der Waals surface area contributed by atoms with Gasteiger partial charge in [-0.15, -0.1) is 0 Å². The molecule has 0 radical (unpaired) electrons. The number of anilines is 1. The van der Waals surface area contributed by atoms with Crippen LogP contribution in [0.4, 0.5) is 10.5 Å². The predicted octanol–water partition coefficient (Wildman–Crippen LogP) is 2.91. The number of urea groups is 1. The van der Waals surface area contributed by atoms with E-state index in [9.17, 15) is 9.59 Å². The van der Waals surface area contributed by atoms with Gasteiger partial charge in [0.05, 0.1) is 6.04 Å². The molecule has 2 aliphatic rings. The lowest BCUT2D eigenvalue weighted by Crippen LogP contribution is -2.41. The molecular weight excluding hydrogens is 290 g/mol. The number of rotatable bonds is 4. The Hall–Kier alpha value is -2.04. The Morgan fingerprint density at radius 2 is 1.91 bits per heavy atom. The first-order valence-electron chi connectivity index (χ1n) is 8.61. The molecule has 124 valence electrons. The van der Waals surface area contributed by atoms with Gasteiger partial charge in [0.1, 0.15) is 0 Å². The number of carbonyl (C=O) groups excluding carboxylic acids is 2. The minimum absolute atomic E-state index is 0.0852. The van der Waals surface area contributed by atoms with Crippen molar-refractivity contribution in [1.82, 2.24) is 10.2 Å². The Bertz CT molecular complexity index is 564. The molecule has 1 saturated heterocycles. The number of benzene rings is 1. The molecule has 1 unspecified atom stereocenters. The summed E-state index contributed by atoms with van der Waals surface area (Å²) >= 11 is 0. The van der Waals surface area contributed by atoms with Gasteiger partial charge >= 0.3 is 6.03 Å². The summed E-state index contributed by atoms with van der Waals surface area (Å²) in [6, 6.07) is 7.90. The highest BCUT2D eigenvalue weighted by Gasteiger charge is 2.35. The molecule has 2 N–H and O–H groups in total. The first-order chi connectivity index (χ1) is 11.2. The summed E-state index contributed by atoms with van der Waals surface area (Å²) in [6.07, 6.45) is 6.02. The number of likely N-dealkylation sites (tertiary alicyclic amines) is 1. The van der Waals surface area contributed by atoms with Crippen molar-refractivity contribution in [1.29, 1.82) is 0 Å². The van der Waals surface area contributed by atoms with Crippen molar-refractivity contribution in [3.8, 4) is 0 Å². The van der Waals surface area contributed by atoms with E-state index < -0.39 is 0 Å². The zero-order valence-corrected chi connectivity index (χ0v) is 13.7. The van der Waals surface area contributed by atoms with Gasteiger partial charge in [0, 0.05) is 24.7 Å². The first kappa shape index (κ1) is 15.8. The second kappa shape index (κ2) is 7.02. The first-order valence-corrected chi connectivity index (χ1v) is 8.61. The third kappa shape index (κ3) is 3.84. The van der Waals surface area contributed by atoms with Crippen molar-refractivity contribution in [2.24, 2.45) is 0 Å². The van der Waals surface area contributed by atoms with Crippen LogP contribution in [0.1, 0.15) is 44.6 Å². The van der Waals surface area contributed by atoms with E-state index in [0.29, 0.717) is 19.0 Å². The molecule has 1 aromatic rings. The highest BCUT2D eigenvalue weighted by Crippen LogP contribution is 2.27. The van der Waals surface area contributed by atoms with E-state index >= 15 is 0 Å². The maximum Gasteiger partial charge on any atom is 0.319 e. The number of aryl methyl sites for hydroxylation is 1. The molecule has 1 heterocycles. The van der Waals surface area contributed by atoms with E-state index in [4.69, 9.17) is 0 Å². The smallest absolute Gasteiger partial charge is 0.319 e. The van der Waals surface area contributed by atoms with Gasteiger partial charge in [0.15, 0.2) is 0 Å². The molecule has 0 bridgehead atoms. The van der Waals surface area contributed by atoms with Crippen LogP contribution in [0.15, 0.2) is 24.3 Å². The van der Waals surface area contributed by atoms with Crippen LogP contribution in [0, 0.1) is 0 Å². The fourth-order valence-corrected chi connectivity index (χ4v) is 3.57. The molecule has 3 rings (SSSR count). The topological polar surface area (TPSA) is 61.4 Å². The van der Waals surface area contributed by atoms with E-state index in [2.05, 4.69) is 17.6 Å². The van der Waals surface area contributed by atoms with Crippen LogP contribution in [0.25, 0.3) is 0 Å². The highest BCUT2D eigenvalue weighted by atomic mass is 16.2. The molecule has 5 nitrogen and oxygen atoms in total. The minimum Gasteiger partial charge on any atom is -0.338 e. The lowest BCUT2D eigenvalue weighted by atomic mass is 10.1. The van der Waals surface area contributed by atoms with E-state index in [0.717, 1.165) is 24.9 Å². The van der Waals surface area contributed by atoms with E-state index in [1.165, 1.54) is 18.4 Å². The maximum atomic E-state index is 12.1. The normalized spacial score (nSPS) is 21.7. The van der Waals surface area contributed by atoms with Crippen LogP contribution in [0.5, 0.6) is 0 Å². The summed E-state index contributed by atoms with van der Waals surface area (Å²) < 4.78 is 0. The summed E-state index contributed by atoms with van der Waals surface area (Å²) in [5, 5.41) is 5.77. The Morgan fingerprint density at radius 1 is 1.22 bits per heavy atom. The lowest BCUT2D eigenvalue weighted by Gasteiger charge is -2.24. The molecule has 1 aliphatic heterocycles. The summed E-state index contributed by atoms with van der Waals surface area (Å²) in [6.45, 7) is 2.74. The second-order valence-corrected chi connectivity index (χ2v) is 6.53. The number of hydrogen-bond acceptors (Lipinski definition) is 2. The second-order valence-electron chi connectivity index (χ2n) is 6.53. The summed E-state index contributed by atoms with van der Waals surface area (Å²) in [5.41, 5.74) is 2.02. The summed E-state index contributed by atoms with van der Waals surface area (Å²) in [5.74, 6) is 0.175. The molecule has 23 heavy (non-hydrogen) atoms.